The van der Waals surface area contributed by atoms with Gasteiger partial charge in [-0.25, -0.2) is 0 Å². The molecule has 1 rings (SSSR count). The number of hydrogen-bond acceptors (Lipinski definition) is 3. The first-order valence-electron chi connectivity index (χ1n) is 6.52. The lowest BCUT2D eigenvalue weighted by Crippen LogP contribution is -2.34. The minimum absolute atomic E-state index is 0.111. The molecule has 2 N–H and O–H groups in total. The molecular weight excluding hydrogens is 214 g/mol. The summed E-state index contributed by atoms with van der Waals surface area (Å²) < 4.78 is 5.36. The van der Waals surface area contributed by atoms with Crippen LogP contribution in [0.4, 0.5) is 0 Å². The predicted octanol–water partition coefficient (Wildman–Crippen LogP) is 2.79. The van der Waals surface area contributed by atoms with Crippen LogP contribution < -0.4 is 5.73 Å². The Morgan fingerprint density at radius 1 is 1.41 bits per heavy atom. The van der Waals surface area contributed by atoms with E-state index in [1.165, 1.54) is 0 Å². The molecule has 0 aliphatic heterocycles. The van der Waals surface area contributed by atoms with Crippen molar-refractivity contribution < 1.29 is 9.53 Å². The second-order valence-corrected chi connectivity index (χ2v) is 5.95. The number of esters is 1. The van der Waals surface area contributed by atoms with Crippen LogP contribution in [0.3, 0.4) is 0 Å². The van der Waals surface area contributed by atoms with Crippen LogP contribution in [0.15, 0.2) is 12.2 Å². The lowest BCUT2D eigenvalue weighted by Gasteiger charge is -2.15. The van der Waals surface area contributed by atoms with E-state index in [4.69, 9.17) is 10.5 Å². The number of hydrogen-bond donors (Lipinski definition) is 1. The first-order valence-corrected chi connectivity index (χ1v) is 6.52. The Labute approximate surface area is 104 Å². The molecule has 17 heavy (non-hydrogen) atoms. The van der Waals surface area contributed by atoms with Gasteiger partial charge in [-0.3, -0.25) is 4.79 Å². The third kappa shape index (κ3) is 5.87. The highest BCUT2D eigenvalue weighted by Crippen LogP contribution is 2.21. The van der Waals surface area contributed by atoms with Gasteiger partial charge in [0.1, 0.15) is 12.1 Å². The minimum atomic E-state index is -0.519. The summed E-state index contributed by atoms with van der Waals surface area (Å²) in [5.41, 5.74) is 5.93. The molecule has 0 aromatic rings. The molecule has 1 fully saturated rings. The van der Waals surface area contributed by atoms with Gasteiger partial charge in [-0.15, -0.1) is 0 Å². The Kier molecular flexibility index (Phi) is 5.19. The lowest BCUT2D eigenvalue weighted by atomic mass is 9.95. The average Bonchev–Trinajstić information content (AvgIpc) is 2.68. The van der Waals surface area contributed by atoms with Crippen LogP contribution in [0.25, 0.3) is 0 Å². The van der Waals surface area contributed by atoms with Gasteiger partial charge in [0.25, 0.3) is 0 Å². The maximum Gasteiger partial charge on any atom is 0.323 e. The van der Waals surface area contributed by atoms with E-state index < -0.39 is 6.04 Å². The van der Waals surface area contributed by atoms with E-state index in [2.05, 4.69) is 26.8 Å². The van der Waals surface area contributed by atoms with Crippen LogP contribution in [0, 0.1) is 5.41 Å². The zero-order chi connectivity index (χ0) is 12.9. The van der Waals surface area contributed by atoms with E-state index >= 15 is 0 Å². The smallest absolute Gasteiger partial charge is 0.323 e. The molecule has 0 radical (unpaired) electrons. The Balaban J connectivity index is 2.29. The highest BCUT2D eigenvalue weighted by molar-refractivity contribution is 5.75. The first-order chi connectivity index (χ1) is 7.88. The summed E-state index contributed by atoms with van der Waals surface area (Å²) in [4.78, 5) is 11.7. The number of ether oxygens (including phenoxy) is 1. The van der Waals surface area contributed by atoms with Crippen LogP contribution in [0.5, 0.6) is 0 Å². The van der Waals surface area contributed by atoms with Crippen molar-refractivity contribution in [2.24, 2.45) is 11.1 Å². The topological polar surface area (TPSA) is 52.3 Å². The largest absolute Gasteiger partial charge is 0.461 e. The van der Waals surface area contributed by atoms with Gasteiger partial charge in [-0.1, -0.05) is 32.9 Å². The van der Waals surface area contributed by atoms with Crippen molar-refractivity contribution >= 4 is 5.97 Å². The molecule has 3 nitrogen and oxygen atoms in total. The number of allylic oxidation sites excluding steroid dienone is 1. The Hall–Kier alpha value is -0.830. The fourth-order valence-electron chi connectivity index (χ4n) is 1.92. The molecule has 1 saturated carbocycles. The molecule has 0 heterocycles. The fourth-order valence-corrected chi connectivity index (χ4v) is 1.92. The van der Waals surface area contributed by atoms with Gasteiger partial charge in [-0.2, -0.15) is 0 Å². The summed E-state index contributed by atoms with van der Waals surface area (Å²) in [6.07, 6.45) is 9.04. The first kappa shape index (κ1) is 14.2. The van der Waals surface area contributed by atoms with Crippen molar-refractivity contribution in [3.63, 3.8) is 0 Å². The Morgan fingerprint density at radius 3 is 2.53 bits per heavy atom. The predicted molar refractivity (Wildman–Crippen MR) is 69.5 cm³/mol. The summed E-state index contributed by atoms with van der Waals surface area (Å²) in [6, 6.07) is -0.519. The van der Waals surface area contributed by atoms with Gasteiger partial charge in [-0.05, 0) is 37.5 Å². The third-order valence-corrected chi connectivity index (χ3v) is 2.90. The van der Waals surface area contributed by atoms with E-state index in [1.807, 2.05) is 6.08 Å². The summed E-state index contributed by atoms with van der Waals surface area (Å²) in [5.74, 6) is -0.254. The lowest BCUT2D eigenvalue weighted by molar-refractivity contribution is -0.150. The van der Waals surface area contributed by atoms with Crippen molar-refractivity contribution in [2.75, 3.05) is 0 Å². The zero-order valence-electron chi connectivity index (χ0n) is 11.2. The molecule has 0 saturated heterocycles. The normalized spacial score (nSPS) is 19.8. The number of carbonyl (C=O) groups is 1. The number of rotatable bonds is 4. The van der Waals surface area contributed by atoms with Crippen molar-refractivity contribution in [1.29, 1.82) is 0 Å². The molecule has 0 aromatic heterocycles. The number of carbonyl (C=O) groups excluding carboxylic acids is 1. The second kappa shape index (κ2) is 6.20. The average molecular weight is 239 g/mol. The maximum absolute atomic E-state index is 11.7. The van der Waals surface area contributed by atoms with Crippen molar-refractivity contribution in [1.82, 2.24) is 0 Å². The highest BCUT2D eigenvalue weighted by Gasteiger charge is 2.22. The van der Waals surface area contributed by atoms with E-state index in [0.717, 1.165) is 25.7 Å². The molecule has 1 aliphatic carbocycles. The van der Waals surface area contributed by atoms with Crippen LogP contribution >= 0.6 is 0 Å². The molecule has 0 unspecified atom stereocenters. The molecule has 0 aromatic carbocycles. The zero-order valence-corrected chi connectivity index (χ0v) is 11.2. The molecule has 1 atom stereocenters. The van der Waals surface area contributed by atoms with Crippen LogP contribution in [-0.4, -0.2) is 18.1 Å². The fraction of sp³-hybridized carbons (Fsp3) is 0.786. The summed E-state index contributed by atoms with van der Waals surface area (Å²) in [6.45, 7) is 6.35. The van der Waals surface area contributed by atoms with E-state index in [-0.39, 0.29) is 17.5 Å². The molecular formula is C14H25NO2. The van der Waals surface area contributed by atoms with Crippen LogP contribution in [0.2, 0.25) is 0 Å². The van der Waals surface area contributed by atoms with Gasteiger partial charge >= 0.3 is 5.97 Å². The van der Waals surface area contributed by atoms with Gasteiger partial charge in [0.2, 0.25) is 0 Å². The van der Waals surface area contributed by atoms with Crippen molar-refractivity contribution in [2.45, 2.75) is 65.0 Å². The monoisotopic (exact) mass is 239 g/mol. The highest BCUT2D eigenvalue weighted by atomic mass is 16.5. The maximum atomic E-state index is 11.7. The van der Waals surface area contributed by atoms with Crippen LogP contribution in [0.1, 0.15) is 52.9 Å². The van der Waals surface area contributed by atoms with Crippen molar-refractivity contribution in [3.8, 4) is 0 Å². The molecule has 0 amide bonds. The molecule has 0 spiro atoms. The number of nitrogens with two attached hydrogens (primary N) is 1. The van der Waals surface area contributed by atoms with Gasteiger partial charge in [0.15, 0.2) is 0 Å². The quantitative estimate of drug-likeness (QED) is 0.606. The standard InChI is InChI=1S/C14H25NO2/c1-14(2,3)10-6-9-12(15)13(16)17-11-7-4-5-8-11/h6,10-12H,4-5,7-9,15H2,1-3H3/t12-/m1/s1. The minimum Gasteiger partial charge on any atom is -0.461 e. The Morgan fingerprint density at radius 2 is 2.00 bits per heavy atom. The third-order valence-electron chi connectivity index (χ3n) is 2.90. The second-order valence-electron chi connectivity index (χ2n) is 5.95. The Bertz CT molecular complexity index is 272. The summed E-state index contributed by atoms with van der Waals surface area (Å²) in [5, 5.41) is 0. The molecule has 1 aliphatic rings. The van der Waals surface area contributed by atoms with Crippen LogP contribution in [-0.2, 0) is 9.53 Å². The van der Waals surface area contributed by atoms with Gasteiger partial charge in [0.05, 0.1) is 0 Å². The summed E-state index contributed by atoms with van der Waals surface area (Å²) in [7, 11) is 0. The van der Waals surface area contributed by atoms with Crippen molar-refractivity contribution in [3.05, 3.63) is 12.2 Å². The summed E-state index contributed by atoms with van der Waals surface area (Å²) >= 11 is 0. The molecule has 0 bridgehead atoms. The van der Waals surface area contributed by atoms with E-state index in [1.54, 1.807) is 0 Å². The van der Waals surface area contributed by atoms with E-state index in [0.29, 0.717) is 6.42 Å². The van der Waals surface area contributed by atoms with E-state index in [9.17, 15) is 4.79 Å². The van der Waals surface area contributed by atoms with Gasteiger partial charge in [0, 0.05) is 0 Å². The molecule has 3 heteroatoms. The van der Waals surface area contributed by atoms with Gasteiger partial charge < -0.3 is 10.5 Å². The SMILES string of the molecule is CC(C)(C)C=CC[C@@H](N)C(=O)OC1CCCC1. The molecule has 98 valence electrons.